The van der Waals surface area contributed by atoms with Crippen molar-refractivity contribution in [1.29, 1.82) is 0 Å². The molecule has 1 N–H and O–H groups in total. The molecule has 4 nitrogen and oxygen atoms in total. The molecule has 0 aromatic heterocycles. The number of aryl methyl sites for hydroxylation is 1. The minimum Gasteiger partial charge on any atom is -0.489 e. The molecule has 0 heterocycles. The van der Waals surface area contributed by atoms with Crippen molar-refractivity contribution in [1.82, 2.24) is 5.32 Å². The van der Waals surface area contributed by atoms with Gasteiger partial charge in [-0.1, -0.05) is 84.4 Å². The zero-order chi connectivity index (χ0) is 26.7. The van der Waals surface area contributed by atoms with E-state index in [-0.39, 0.29) is 5.91 Å². The Balaban J connectivity index is 1.47. The van der Waals surface area contributed by atoms with Crippen LogP contribution in [0.5, 0.6) is 11.5 Å². The van der Waals surface area contributed by atoms with Crippen molar-refractivity contribution in [2.75, 3.05) is 6.54 Å². The first kappa shape index (κ1) is 27.3. The van der Waals surface area contributed by atoms with Gasteiger partial charge in [-0.2, -0.15) is 0 Å². The molecule has 196 valence electrons. The highest BCUT2D eigenvalue weighted by molar-refractivity contribution is 6.31. The third-order valence-electron chi connectivity index (χ3n) is 6.55. The first-order valence-electron chi connectivity index (χ1n) is 13.0. The summed E-state index contributed by atoms with van der Waals surface area (Å²) in [6, 6.07) is 30.5. The van der Waals surface area contributed by atoms with Crippen LogP contribution in [-0.4, -0.2) is 12.5 Å². The van der Waals surface area contributed by atoms with E-state index in [0.717, 1.165) is 47.5 Å². The Labute approximate surface area is 230 Å². The summed E-state index contributed by atoms with van der Waals surface area (Å²) in [6.07, 6.45) is 2.68. The van der Waals surface area contributed by atoms with E-state index in [0.29, 0.717) is 24.8 Å². The predicted molar refractivity (Wildman–Crippen MR) is 155 cm³/mol. The number of unbranched alkanes of at least 4 members (excludes halogenated alkanes) is 1. The van der Waals surface area contributed by atoms with Crippen molar-refractivity contribution in [2.24, 2.45) is 0 Å². The fourth-order valence-electron chi connectivity index (χ4n) is 4.37. The summed E-state index contributed by atoms with van der Waals surface area (Å²) >= 11 is 6.36. The number of carbonyl (C=O) groups excluding carboxylic acids is 1. The van der Waals surface area contributed by atoms with E-state index in [1.807, 2.05) is 42.5 Å². The van der Waals surface area contributed by atoms with Crippen LogP contribution >= 0.6 is 11.6 Å². The maximum absolute atomic E-state index is 11.1. The third kappa shape index (κ3) is 7.62. The molecule has 0 radical (unpaired) electrons. The van der Waals surface area contributed by atoms with Crippen LogP contribution in [0.4, 0.5) is 0 Å². The molecule has 0 bridgehead atoms. The second kappa shape index (κ2) is 13.7. The molecular weight excluding hydrogens is 494 g/mol. The van der Waals surface area contributed by atoms with E-state index in [4.69, 9.17) is 21.1 Å². The van der Waals surface area contributed by atoms with Crippen LogP contribution in [0.1, 0.15) is 42.0 Å². The highest BCUT2D eigenvalue weighted by atomic mass is 35.5. The molecule has 5 heteroatoms. The van der Waals surface area contributed by atoms with Crippen molar-refractivity contribution >= 4 is 17.5 Å². The summed E-state index contributed by atoms with van der Waals surface area (Å²) in [5.41, 5.74) is 6.81. The number of amides is 1. The Morgan fingerprint density at radius 3 is 2.32 bits per heavy atom. The number of hydrogen-bond acceptors (Lipinski definition) is 3. The molecule has 4 aromatic rings. The lowest BCUT2D eigenvalue weighted by Gasteiger charge is -2.16. The normalized spacial score (nSPS) is 10.7. The van der Waals surface area contributed by atoms with Gasteiger partial charge in [-0.3, -0.25) is 4.79 Å². The minimum atomic E-state index is -0.000180. The van der Waals surface area contributed by atoms with E-state index < -0.39 is 0 Å². The maximum atomic E-state index is 11.1. The Morgan fingerprint density at radius 1 is 0.789 bits per heavy atom. The highest BCUT2D eigenvalue weighted by Crippen LogP contribution is 2.30. The SMILES string of the molecule is CC(=O)NCCCCc1ccc(OCc2cccc(-c3ccccc3)c2C)cc1OCc1ccccc1Cl. The van der Waals surface area contributed by atoms with Crippen LogP contribution in [0, 0.1) is 6.92 Å². The Bertz CT molecular complexity index is 1350. The van der Waals surface area contributed by atoms with Gasteiger partial charge in [0.1, 0.15) is 24.7 Å². The summed E-state index contributed by atoms with van der Waals surface area (Å²) in [6.45, 7) is 5.20. The Hall–Kier alpha value is -3.76. The third-order valence-corrected chi connectivity index (χ3v) is 6.92. The van der Waals surface area contributed by atoms with Crippen molar-refractivity contribution in [3.8, 4) is 22.6 Å². The first-order valence-corrected chi connectivity index (χ1v) is 13.4. The summed E-state index contributed by atoms with van der Waals surface area (Å²) in [4.78, 5) is 11.1. The zero-order valence-corrected chi connectivity index (χ0v) is 22.8. The van der Waals surface area contributed by atoms with Crippen LogP contribution in [0.25, 0.3) is 11.1 Å². The van der Waals surface area contributed by atoms with Crippen LogP contribution in [-0.2, 0) is 24.4 Å². The van der Waals surface area contributed by atoms with Gasteiger partial charge in [-0.15, -0.1) is 0 Å². The van der Waals surface area contributed by atoms with Gasteiger partial charge in [0.25, 0.3) is 0 Å². The topological polar surface area (TPSA) is 47.6 Å². The van der Waals surface area contributed by atoms with Crippen molar-refractivity contribution < 1.29 is 14.3 Å². The van der Waals surface area contributed by atoms with Gasteiger partial charge >= 0.3 is 0 Å². The van der Waals surface area contributed by atoms with Crippen LogP contribution in [0.2, 0.25) is 5.02 Å². The van der Waals surface area contributed by atoms with Crippen LogP contribution in [0.15, 0.2) is 91.0 Å². The summed E-state index contributed by atoms with van der Waals surface area (Å²) in [5.74, 6) is 1.54. The fourth-order valence-corrected chi connectivity index (χ4v) is 4.56. The number of benzene rings is 4. The van der Waals surface area contributed by atoms with Crippen molar-refractivity contribution in [3.63, 3.8) is 0 Å². The molecule has 0 aliphatic carbocycles. The lowest BCUT2D eigenvalue weighted by atomic mass is 9.97. The number of carbonyl (C=O) groups is 1. The average Bonchev–Trinajstić information content (AvgIpc) is 2.93. The maximum Gasteiger partial charge on any atom is 0.216 e. The first-order chi connectivity index (χ1) is 18.5. The number of ether oxygens (including phenoxy) is 2. The quantitative estimate of drug-likeness (QED) is 0.190. The summed E-state index contributed by atoms with van der Waals surface area (Å²) < 4.78 is 12.5. The molecule has 0 saturated carbocycles. The molecule has 4 aromatic carbocycles. The monoisotopic (exact) mass is 527 g/mol. The van der Waals surface area contributed by atoms with Gasteiger partial charge in [0.2, 0.25) is 5.91 Å². The largest absolute Gasteiger partial charge is 0.489 e. The summed E-state index contributed by atoms with van der Waals surface area (Å²) in [7, 11) is 0. The van der Waals surface area contributed by atoms with Gasteiger partial charge < -0.3 is 14.8 Å². The number of rotatable bonds is 12. The van der Waals surface area contributed by atoms with E-state index in [9.17, 15) is 4.79 Å². The van der Waals surface area contributed by atoms with E-state index in [2.05, 4.69) is 60.8 Å². The van der Waals surface area contributed by atoms with Crippen LogP contribution < -0.4 is 14.8 Å². The molecular formula is C33H34ClNO3. The molecule has 4 rings (SSSR count). The van der Waals surface area contributed by atoms with Gasteiger partial charge in [-0.25, -0.2) is 0 Å². The molecule has 0 atom stereocenters. The second-order valence-electron chi connectivity index (χ2n) is 9.33. The van der Waals surface area contributed by atoms with Crippen molar-refractivity contribution in [2.45, 2.75) is 46.3 Å². The van der Waals surface area contributed by atoms with Gasteiger partial charge in [-0.05, 0) is 66.1 Å². The van der Waals surface area contributed by atoms with Gasteiger partial charge in [0, 0.05) is 30.1 Å². The molecule has 0 aliphatic heterocycles. The van der Waals surface area contributed by atoms with Crippen LogP contribution in [0.3, 0.4) is 0 Å². The number of nitrogens with one attached hydrogen (secondary N) is 1. The fraction of sp³-hybridized carbons (Fsp3) is 0.242. The highest BCUT2D eigenvalue weighted by Gasteiger charge is 2.11. The second-order valence-corrected chi connectivity index (χ2v) is 9.74. The smallest absolute Gasteiger partial charge is 0.216 e. The Kier molecular flexibility index (Phi) is 9.83. The summed E-state index contributed by atoms with van der Waals surface area (Å²) in [5, 5.41) is 3.54. The van der Waals surface area contributed by atoms with E-state index in [1.54, 1.807) is 6.92 Å². The molecule has 0 aliphatic rings. The lowest BCUT2D eigenvalue weighted by Crippen LogP contribution is -2.20. The van der Waals surface area contributed by atoms with Gasteiger partial charge in [0.15, 0.2) is 0 Å². The Morgan fingerprint density at radius 2 is 1.53 bits per heavy atom. The lowest BCUT2D eigenvalue weighted by molar-refractivity contribution is -0.118. The average molecular weight is 528 g/mol. The minimum absolute atomic E-state index is 0.000180. The molecule has 0 fully saturated rings. The molecule has 1 amide bonds. The van der Waals surface area contributed by atoms with Crippen molar-refractivity contribution in [3.05, 3.63) is 118 Å². The molecule has 0 unspecified atom stereocenters. The molecule has 0 saturated heterocycles. The number of halogens is 1. The molecule has 38 heavy (non-hydrogen) atoms. The molecule has 0 spiro atoms. The number of hydrogen-bond donors (Lipinski definition) is 1. The standard InChI is InChI=1S/C33H34ClNO3/c1-24-28(15-10-16-31(24)26-11-4-3-5-12-26)22-37-30-19-18-27(13-8-9-20-35-25(2)36)33(21-30)38-23-29-14-6-7-17-32(29)34/h3-7,10-12,14-19,21H,8-9,13,20,22-23H2,1-2H3,(H,35,36). The van der Waals surface area contributed by atoms with E-state index in [1.165, 1.54) is 16.7 Å². The predicted octanol–water partition coefficient (Wildman–Crippen LogP) is 7.93. The van der Waals surface area contributed by atoms with E-state index >= 15 is 0 Å². The van der Waals surface area contributed by atoms with Gasteiger partial charge in [0.05, 0.1) is 0 Å². The zero-order valence-electron chi connectivity index (χ0n) is 22.0.